The van der Waals surface area contributed by atoms with Gasteiger partial charge in [0.05, 0.1) is 17.1 Å². The van der Waals surface area contributed by atoms with Crippen LogP contribution in [0.5, 0.6) is 0 Å². The number of nitrogen functional groups attached to an aromatic ring is 1. The van der Waals surface area contributed by atoms with Crippen LogP contribution in [0.3, 0.4) is 0 Å². The van der Waals surface area contributed by atoms with E-state index in [1.54, 1.807) is 11.6 Å². The summed E-state index contributed by atoms with van der Waals surface area (Å²) < 4.78 is 41.3. The van der Waals surface area contributed by atoms with Gasteiger partial charge in [-0.15, -0.1) is 0 Å². The normalized spacial score (nSPS) is 10.8. The number of rotatable bonds is 4. The molecule has 0 saturated heterocycles. The molecule has 0 aliphatic carbocycles. The van der Waals surface area contributed by atoms with Crippen molar-refractivity contribution in [1.29, 1.82) is 0 Å². The van der Waals surface area contributed by atoms with E-state index in [-0.39, 0.29) is 5.69 Å². The van der Waals surface area contributed by atoms with Crippen LogP contribution in [0.25, 0.3) is 0 Å². The molecule has 0 aliphatic heterocycles. The van der Waals surface area contributed by atoms with Gasteiger partial charge < -0.3 is 11.1 Å². The number of halogens is 3. The lowest BCUT2D eigenvalue weighted by Crippen LogP contribution is -2.07. The molecule has 0 bridgehead atoms. The molecule has 1 heterocycles. The number of aromatic nitrogens is 2. The van der Waals surface area contributed by atoms with Crippen molar-refractivity contribution >= 4 is 17.2 Å². The highest BCUT2D eigenvalue weighted by Crippen LogP contribution is 2.28. The van der Waals surface area contributed by atoms with E-state index in [1.807, 2.05) is 6.92 Å². The summed E-state index contributed by atoms with van der Waals surface area (Å²) in [6.07, 6.45) is 0.801. The minimum absolute atomic E-state index is 0.187. The van der Waals surface area contributed by atoms with E-state index in [0.717, 1.165) is 12.5 Å². The SMILES string of the molecule is CCCn1nc(C)c(N)c1Nc1cc(F)c(F)cc1F. The van der Waals surface area contributed by atoms with Crippen molar-refractivity contribution < 1.29 is 13.2 Å². The van der Waals surface area contributed by atoms with Crippen LogP contribution in [0.4, 0.5) is 30.4 Å². The van der Waals surface area contributed by atoms with Gasteiger partial charge >= 0.3 is 0 Å². The highest BCUT2D eigenvalue weighted by molar-refractivity contribution is 5.71. The number of aryl methyl sites for hydroxylation is 2. The van der Waals surface area contributed by atoms with Crippen molar-refractivity contribution in [3.63, 3.8) is 0 Å². The summed E-state index contributed by atoms with van der Waals surface area (Å²) in [6, 6.07) is 1.24. The molecule has 0 spiro atoms. The molecule has 2 rings (SSSR count). The van der Waals surface area contributed by atoms with Gasteiger partial charge in [0, 0.05) is 18.7 Å². The van der Waals surface area contributed by atoms with Gasteiger partial charge in [-0.05, 0) is 13.3 Å². The second kappa shape index (κ2) is 5.44. The standard InChI is InChI=1S/C13H15F3N4/c1-3-4-20-13(12(17)7(2)19-20)18-11-6-9(15)8(14)5-10(11)16/h5-6,18H,3-4,17H2,1-2H3. The maximum atomic E-state index is 13.6. The number of anilines is 3. The Labute approximate surface area is 114 Å². The van der Waals surface area contributed by atoms with Gasteiger partial charge in [0.15, 0.2) is 17.5 Å². The lowest BCUT2D eigenvalue weighted by atomic mass is 10.2. The van der Waals surface area contributed by atoms with Crippen LogP contribution in [0.2, 0.25) is 0 Å². The molecule has 7 heteroatoms. The second-order valence-electron chi connectivity index (χ2n) is 4.44. The third-order valence-corrected chi connectivity index (χ3v) is 2.87. The van der Waals surface area contributed by atoms with Gasteiger partial charge in [-0.1, -0.05) is 6.92 Å². The van der Waals surface area contributed by atoms with Crippen LogP contribution >= 0.6 is 0 Å². The fraction of sp³-hybridized carbons (Fsp3) is 0.308. The maximum Gasteiger partial charge on any atom is 0.161 e. The smallest absolute Gasteiger partial charge is 0.161 e. The first-order chi connectivity index (χ1) is 9.43. The quantitative estimate of drug-likeness (QED) is 0.847. The molecular formula is C13H15F3N4. The molecule has 0 unspecified atom stereocenters. The minimum Gasteiger partial charge on any atom is -0.394 e. The van der Waals surface area contributed by atoms with E-state index < -0.39 is 17.5 Å². The predicted molar refractivity (Wildman–Crippen MR) is 71.3 cm³/mol. The Hall–Kier alpha value is -2.18. The predicted octanol–water partition coefficient (Wildman–Crippen LogP) is 3.34. The van der Waals surface area contributed by atoms with E-state index in [2.05, 4.69) is 10.4 Å². The Morgan fingerprint density at radius 1 is 1.20 bits per heavy atom. The Bertz CT molecular complexity index is 637. The maximum absolute atomic E-state index is 13.6. The molecule has 20 heavy (non-hydrogen) atoms. The van der Waals surface area contributed by atoms with Crippen LogP contribution in [0.15, 0.2) is 12.1 Å². The number of nitrogens with zero attached hydrogens (tertiary/aromatic N) is 2. The minimum atomic E-state index is -1.24. The molecule has 1 aromatic heterocycles. The van der Waals surface area contributed by atoms with Gasteiger partial charge in [-0.3, -0.25) is 0 Å². The van der Waals surface area contributed by atoms with Gasteiger partial charge in [-0.2, -0.15) is 5.10 Å². The van der Waals surface area contributed by atoms with E-state index >= 15 is 0 Å². The largest absolute Gasteiger partial charge is 0.394 e. The monoisotopic (exact) mass is 284 g/mol. The number of hydrogen-bond acceptors (Lipinski definition) is 3. The zero-order valence-corrected chi connectivity index (χ0v) is 11.2. The van der Waals surface area contributed by atoms with Crippen LogP contribution in [-0.2, 0) is 6.54 Å². The molecule has 0 amide bonds. The molecule has 0 radical (unpaired) electrons. The zero-order chi connectivity index (χ0) is 14.9. The number of nitrogens with two attached hydrogens (primary N) is 1. The Morgan fingerprint density at radius 3 is 2.50 bits per heavy atom. The zero-order valence-electron chi connectivity index (χ0n) is 11.2. The van der Waals surface area contributed by atoms with E-state index in [9.17, 15) is 13.2 Å². The summed E-state index contributed by atoms with van der Waals surface area (Å²) in [5, 5.41) is 6.88. The van der Waals surface area contributed by atoms with Gasteiger partial charge in [-0.25, -0.2) is 17.9 Å². The summed E-state index contributed by atoms with van der Waals surface area (Å²) >= 11 is 0. The van der Waals surface area contributed by atoms with E-state index in [1.165, 1.54) is 0 Å². The molecule has 4 nitrogen and oxygen atoms in total. The summed E-state index contributed by atoms with van der Waals surface area (Å²) in [5.41, 5.74) is 6.61. The van der Waals surface area contributed by atoms with Crippen LogP contribution in [0, 0.1) is 24.4 Å². The van der Waals surface area contributed by atoms with Crippen molar-refractivity contribution in [3.8, 4) is 0 Å². The summed E-state index contributed by atoms with van der Waals surface area (Å²) in [5.74, 6) is -2.90. The average Bonchev–Trinajstić information content (AvgIpc) is 2.64. The van der Waals surface area contributed by atoms with Crippen LogP contribution in [0.1, 0.15) is 19.0 Å². The second-order valence-corrected chi connectivity index (χ2v) is 4.44. The first-order valence-electron chi connectivity index (χ1n) is 6.18. The molecule has 0 aliphatic rings. The molecule has 0 fully saturated rings. The first kappa shape index (κ1) is 14.2. The van der Waals surface area contributed by atoms with Crippen LogP contribution < -0.4 is 11.1 Å². The third-order valence-electron chi connectivity index (χ3n) is 2.87. The fourth-order valence-electron chi connectivity index (χ4n) is 1.85. The van der Waals surface area contributed by atoms with Crippen molar-refractivity contribution in [2.45, 2.75) is 26.8 Å². The topological polar surface area (TPSA) is 55.9 Å². The van der Waals surface area contributed by atoms with Crippen molar-refractivity contribution in [3.05, 3.63) is 35.3 Å². The number of benzene rings is 1. The highest BCUT2D eigenvalue weighted by atomic mass is 19.2. The number of hydrogen-bond donors (Lipinski definition) is 2. The first-order valence-corrected chi connectivity index (χ1v) is 6.18. The van der Waals surface area contributed by atoms with E-state index in [0.29, 0.717) is 29.8 Å². The van der Waals surface area contributed by atoms with Crippen LogP contribution in [-0.4, -0.2) is 9.78 Å². The summed E-state index contributed by atoms with van der Waals surface area (Å²) in [4.78, 5) is 0. The Kier molecular flexibility index (Phi) is 3.87. The molecule has 0 atom stereocenters. The fourth-order valence-corrected chi connectivity index (χ4v) is 1.85. The molecule has 1 aromatic carbocycles. The molecular weight excluding hydrogens is 269 g/mol. The number of nitrogens with one attached hydrogen (secondary N) is 1. The summed E-state index contributed by atoms with van der Waals surface area (Å²) in [6.45, 7) is 4.25. The Morgan fingerprint density at radius 2 is 1.85 bits per heavy atom. The molecule has 0 saturated carbocycles. The Balaban J connectivity index is 2.42. The molecule has 2 aromatic rings. The average molecular weight is 284 g/mol. The van der Waals surface area contributed by atoms with Crippen molar-refractivity contribution in [1.82, 2.24) is 9.78 Å². The third kappa shape index (κ3) is 2.56. The van der Waals surface area contributed by atoms with Gasteiger partial charge in [0.2, 0.25) is 0 Å². The van der Waals surface area contributed by atoms with E-state index in [4.69, 9.17) is 5.73 Å². The van der Waals surface area contributed by atoms with Gasteiger partial charge in [0.25, 0.3) is 0 Å². The molecule has 108 valence electrons. The van der Waals surface area contributed by atoms with Crippen molar-refractivity contribution in [2.24, 2.45) is 0 Å². The highest BCUT2D eigenvalue weighted by Gasteiger charge is 2.16. The molecule has 3 N–H and O–H groups in total. The lowest BCUT2D eigenvalue weighted by Gasteiger charge is -2.11. The van der Waals surface area contributed by atoms with Crippen molar-refractivity contribution in [2.75, 3.05) is 11.1 Å². The summed E-state index contributed by atoms with van der Waals surface area (Å²) in [7, 11) is 0. The van der Waals surface area contributed by atoms with Gasteiger partial charge in [0.1, 0.15) is 5.82 Å². The lowest BCUT2D eigenvalue weighted by molar-refractivity contribution is 0.496.